The van der Waals surface area contributed by atoms with Gasteiger partial charge in [-0.2, -0.15) is 0 Å². The van der Waals surface area contributed by atoms with Crippen LogP contribution in [0.5, 0.6) is 0 Å². The van der Waals surface area contributed by atoms with Crippen molar-refractivity contribution in [2.24, 2.45) is 0 Å². The van der Waals surface area contributed by atoms with Gasteiger partial charge in [0.1, 0.15) is 11.5 Å². The van der Waals surface area contributed by atoms with Crippen LogP contribution in [-0.2, 0) is 6.42 Å². The molecule has 0 aliphatic heterocycles. The quantitative estimate of drug-likeness (QED) is 0.276. The number of pyridine rings is 2. The average molecular weight is 531 g/mol. The molecule has 0 bridgehead atoms. The summed E-state index contributed by atoms with van der Waals surface area (Å²) in [5.74, 6) is -0.167. The van der Waals surface area contributed by atoms with Gasteiger partial charge in [0.05, 0.1) is 29.3 Å². The fraction of sp³-hybridized carbons (Fsp3) is 0.424. The first kappa shape index (κ1) is 28.8. The summed E-state index contributed by atoms with van der Waals surface area (Å²) in [7, 11) is 0. The highest BCUT2D eigenvalue weighted by atomic mass is 19.1. The van der Waals surface area contributed by atoms with Crippen LogP contribution in [0.3, 0.4) is 0 Å². The second kappa shape index (κ2) is 12.8. The van der Waals surface area contributed by atoms with Crippen molar-refractivity contribution in [1.29, 1.82) is 0 Å². The molecule has 206 valence electrons. The van der Waals surface area contributed by atoms with Crippen LogP contribution in [0, 0.1) is 5.82 Å². The second-order valence-electron chi connectivity index (χ2n) is 10.8. The minimum absolute atomic E-state index is 0.0442. The Balaban J connectivity index is 1.87. The zero-order valence-electron chi connectivity index (χ0n) is 23.3. The summed E-state index contributed by atoms with van der Waals surface area (Å²) < 4.78 is 13.8. The number of hydrogen-bond acceptors (Lipinski definition) is 5. The van der Waals surface area contributed by atoms with Gasteiger partial charge >= 0.3 is 0 Å². The number of fused-ring (bicyclic) bond motifs is 3. The number of rotatable bonds is 10. The lowest BCUT2D eigenvalue weighted by molar-refractivity contribution is 0.0975. The van der Waals surface area contributed by atoms with Crippen LogP contribution < -0.4 is 0 Å². The highest BCUT2D eigenvalue weighted by Crippen LogP contribution is 2.42. The van der Waals surface area contributed by atoms with Crippen molar-refractivity contribution in [1.82, 2.24) is 9.97 Å². The standard InChI is InChI=1S/C33H39FN2O3/c1-5-7-31(39)30-17-15-27-29(35-30)16-14-26(21-8-11-23(34)12-9-21)28-18-22(32(20(3)4)36-33(27)28)10-13-25(38)19-24(37)6-2/h8-13,15,17-18,20,24-26,37-38H,5-7,14,16,19H2,1-4H3/b13-10+/t24-,25+,26?/m0/s1. The van der Waals surface area contributed by atoms with Gasteiger partial charge in [-0.25, -0.2) is 9.37 Å². The van der Waals surface area contributed by atoms with E-state index in [2.05, 4.69) is 19.9 Å². The normalized spacial score (nSPS) is 16.6. The van der Waals surface area contributed by atoms with Crippen molar-refractivity contribution in [2.75, 3.05) is 0 Å². The molecule has 2 heterocycles. The van der Waals surface area contributed by atoms with E-state index in [0.29, 0.717) is 25.0 Å². The Morgan fingerprint density at radius 3 is 2.51 bits per heavy atom. The number of carbonyl (C=O) groups is 1. The molecule has 3 atom stereocenters. The van der Waals surface area contributed by atoms with Crippen LogP contribution in [0.4, 0.5) is 4.39 Å². The highest BCUT2D eigenvalue weighted by molar-refractivity contribution is 5.94. The van der Waals surface area contributed by atoms with Gasteiger partial charge in [-0.05, 0) is 78.6 Å². The Bertz CT molecular complexity index is 1330. The number of carbonyl (C=O) groups excluding carboxylic acids is 1. The van der Waals surface area contributed by atoms with E-state index < -0.39 is 12.2 Å². The van der Waals surface area contributed by atoms with Crippen LogP contribution in [0.2, 0.25) is 0 Å². The summed E-state index contributed by atoms with van der Waals surface area (Å²) in [6, 6.07) is 12.5. The van der Waals surface area contributed by atoms with E-state index in [0.717, 1.165) is 52.2 Å². The molecule has 2 N–H and O–H groups in total. The fourth-order valence-corrected chi connectivity index (χ4v) is 5.27. The molecular weight excluding hydrogens is 491 g/mol. The van der Waals surface area contributed by atoms with E-state index in [1.165, 1.54) is 12.1 Å². The number of aliphatic hydroxyl groups excluding tert-OH is 2. The number of ketones is 1. The molecule has 0 radical (unpaired) electrons. The third-order valence-corrected chi connectivity index (χ3v) is 7.45. The zero-order chi connectivity index (χ0) is 28.1. The maximum atomic E-state index is 13.8. The van der Waals surface area contributed by atoms with Crippen molar-refractivity contribution in [3.05, 3.63) is 88.1 Å². The van der Waals surface area contributed by atoms with Gasteiger partial charge in [0, 0.05) is 24.3 Å². The molecule has 1 aliphatic carbocycles. The van der Waals surface area contributed by atoms with E-state index in [-0.39, 0.29) is 29.9 Å². The number of hydrogen-bond donors (Lipinski definition) is 2. The van der Waals surface area contributed by atoms with E-state index in [1.807, 2.05) is 38.1 Å². The lowest BCUT2D eigenvalue weighted by atomic mass is 9.85. The van der Waals surface area contributed by atoms with E-state index >= 15 is 0 Å². The second-order valence-corrected chi connectivity index (χ2v) is 10.8. The molecule has 39 heavy (non-hydrogen) atoms. The first-order chi connectivity index (χ1) is 18.7. The Kier molecular flexibility index (Phi) is 9.41. The third-order valence-electron chi connectivity index (χ3n) is 7.45. The number of Topliss-reactive ketones (excluding diaryl/α,β-unsaturated/α-hetero) is 1. The molecule has 2 aromatic heterocycles. The summed E-state index contributed by atoms with van der Waals surface area (Å²) >= 11 is 0. The first-order valence-electron chi connectivity index (χ1n) is 14.1. The third kappa shape index (κ3) is 6.68. The van der Waals surface area contributed by atoms with Gasteiger partial charge in [-0.15, -0.1) is 0 Å². The minimum atomic E-state index is -0.768. The fourth-order valence-electron chi connectivity index (χ4n) is 5.27. The lowest BCUT2D eigenvalue weighted by Gasteiger charge is -2.21. The van der Waals surface area contributed by atoms with Crippen LogP contribution >= 0.6 is 0 Å². The van der Waals surface area contributed by atoms with Gasteiger partial charge in [-0.1, -0.05) is 52.0 Å². The number of aliphatic hydroxyl groups is 2. The number of aromatic nitrogens is 2. The van der Waals surface area contributed by atoms with Crippen molar-refractivity contribution >= 4 is 11.9 Å². The van der Waals surface area contributed by atoms with Gasteiger partial charge in [0.15, 0.2) is 5.78 Å². The summed E-state index contributed by atoms with van der Waals surface area (Å²) in [6.45, 7) is 8.05. The molecule has 0 spiro atoms. The van der Waals surface area contributed by atoms with Gasteiger partial charge in [0.2, 0.25) is 0 Å². The number of nitrogens with zero attached hydrogens (tertiary/aromatic N) is 2. The van der Waals surface area contributed by atoms with Crippen LogP contribution in [0.15, 0.2) is 48.5 Å². The first-order valence-corrected chi connectivity index (χ1v) is 14.1. The molecule has 1 aliphatic rings. The lowest BCUT2D eigenvalue weighted by Crippen LogP contribution is -2.14. The summed E-state index contributed by atoms with van der Waals surface area (Å²) in [6.07, 6.45) is 5.79. The Morgan fingerprint density at radius 2 is 1.85 bits per heavy atom. The molecule has 0 saturated carbocycles. The molecular formula is C33H39FN2O3. The molecule has 5 nitrogen and oxygen atoms in total. The molecule has 4 rings (SSSR count). The predicted molar refractivity (Wildman–Crippen MR) is 153 cm³/mol. The van der Waals surface area contributed by atoms with Gasteiger partial charge in [0.25, 0.3) is 0 Å². The molecule has 0 saturated heterocycles. The summed E-state index contributed by atoms with van der Waals surface area (Å²) in [5.41, 5.74) is 6.92. The highest BCUT2D eigenvalue weighted by Gasteiger charge is 2.28. The smallest absolute Gasteiger partial charge is 0.181 e. The van der Waals surface area contributed by atoms with Crippen LogP contribution in [0.25, 0.3) is 17.3 Å². The summed E-state index contributed by atoms with van der Waals surface area (Å²) in [4.78, 5) is 22.6. The van der Waals surface area contributed by atoms with Crippen LogP contribution in [0.1, 0.15) is 110 Å². The molecule has 0 amide bonds. The van der Waals surface area contributed by atoms with Crippen molar-refractivity contribution in [2.45, 2.75) is 90.3 Å². The number of aryl methyl sites for hydroxylation is 1. The monoisotopic (exact) mass is 530 g/mol. The Labute approximate surface area is 230 Å². The molecule has 0 fully saturated rings. The van der Waals surface area contributed by atoms with E-state index in [4.69, 9.17) is 9.97 Å². The molecule has 1 unspecified atom stereocenters. The topological polar surface area (TPSA) is 83.3 Å². The van der Waals surface area contributed by atoms with Gasteiger partial charge < -0.3 is 10.2 Å². The SMILES string of the molecule is CCCC(=O)c1ccc2c(n1)CCC(c1ccc(F)cc1)c1cc(/C=C/[C@@H](O)C[C@@H](O)CC)c(C(C)C)nc1-2. The zero-order valence-corrected chi connectivity index (χ0v) is 23.3. The Morgan fingerprint density at radius 1 is 1.10 bits per heavy atom. The largest absolute Gasteiger partial charge is 0.393 e. The Hall–Kier alpha value is -3.22. The van der Waals surface area contributed by atoms with Gasteiger partial charge in [-0.3, -0.25) is 9.78 Å². The maximum Gasteiger partial charge on any atom is 0.181 e. The predicted octanol–water partition coefficient (Wildman–Crippen LogP) is 7.00. The van der Waals surface area contributed by atoms with Crippen molar-refractivity contribution in [3.63, 3.8) is 0 Å². The molecule has 3 aromatic rings. The minimum Gasteiger partial charge on any atom is -0.393 e. The molecule has 6 heteroatoms. The maximum absolute atomic E-state index is 13.8. The van der Waals surface area contributed by atoms with Crippen molar-refractivity contribution in [3.8, 4) is 11.3 Å². The van der Waals surface area contributed by atoms with Crippen LogP contribution in [-0.4, -0.2) is 38.2 Å². The van der Waals surface area contributed by atoms with Crippen molar-refractivity contribution < 1.29 is 19.4 Å². The number of benzene rings is 1. The number of halogens is 1. The van der Waals surface area contributed by atoms with E-state index in [9.17, 15) is 19.4 Å². The summed E-state index contributed by atoms with van der Waals surface area (Å²) in [5, 5.41) is 20.4. The molecule has 1 aromatic carbocycles. The average Bonchev–Trinajstić information content (AvgIpc) is 3.08. The van der Waals surface area contributed by atoms with E-state index in [1.54, 1.807) is 12.1 Å².